The highest BCUT2D eigenvalue weighted by Crippen LogP contribution is 2.14. The second-order valence-corrected chi connectivity index (χ2v) is 4.77. The second kappa shape index (κ2) is 6.52. The van der Waals surface area contributed by atoms with E-state index in [1.807, 2.05) is 18.2 Å². The zero-order valence-electron chi connectivity index (χ0n) is 11.7. The van der Waals surface area contributed by atoms with Crippen LogP contribution in [-0.2, 0) is 11.3 Å². The van der Waals surface area contributed by atoms with Gasteiger partial charge in [-0.05, 0) is 38.1 Å². The Kier molecular flexibility index (Phi) is 5.31. The molecule has 0 saturated carbocycles. The van der Waals surface area contributed by atoms with Crippen LogP contribution in [0.25, 0.3) is 0 Å². The molecule has 0 aliphatic heterocycles. The van der Waals surface area contributed by atoms with E-state index in [4.69, 9.17) is 15.9 Å². The van der Waals surface area contributed by atoms with Crippen molar-refractivity contribution in [2.45, 2.75) is 26.4 Å². The zero-order chi connectivity index (χ0) is 13.7. The lowest BCUT2D eigenvalue weighted by Crippen LogP contribution is -2.32. The molecule has 0 amide bonds. The Labute approximate surface area is 109 Å². The smallest absolute Gasteiger partial charge is 0.122 e. The van der Waals surface area contributed by atoms with Crippen molar-refractivity contribution < 1.29 is 4.74 Å². The molecule has 1 unspecified atom stereocenters. The highest BCUT2D eigenvalue weighted by Gasteiger charge is 2.11. The fourth-order valence-electron chi connectivity index (χ4n) is 1.83. The molecule has 0 spiro atoms. The summed E-state index contributed by atoms with van der Waals surface area (Å²) in [6.45, 7) is 5.79. The lowest BCUT2D eigenvalue weighted by atomic mass is 10.0. The van der Waals surface area contributed by atoms with Crippen LogP contribution in [-0.4, -0.2) is 37.5 Å². The first-order valence-corrected chi connectivity index (χ1v) is 6.08. The maximum absolute atomic E-state index is 7.42. The number of amidine groups is 1. The summed E-state index contributed by atoms with van der Waals surface area (Å²) in [6.07, 6.45) is 0. The molecule has 1 aromatic rings. The third kappa shape index (κ3) is 3.82. The van der Waals surface area contributed by atoms with Crippen molar-refractivity contribution in [2.75, 3.05) is 20.8 Å². The molecule has 0 fully saturated rings. The van der Waals surface area contributed by atoms with Gasteiger partial charge in [0.1, 0.15) is 5.84 Å². The van der Waals surface area contributed by atoms with Crippen LogP contribution in [0.3, 0.4) is 0 Å². The third-order valence-corrected chi connectivity index (χ3v) is 3.23. The number of nitrogens with two attached hydrogens (primary N) is 1. The van der Waals surface area contributed by atoms with Gasteiger partial charge in [-0.1, -0.05) is 12.1 Å². The number of methoxy groups -OCH3 is 1. The Morgan fingerprint density at radius 1 is 1.50 bits per heavy atom. The van der Waals surface area contributed by atoms with Crippen molar-refractivity contribution in [2.24, 2.45) is 5.73 Å². The molecule has 100 valence electrons. The van der Waals surface area contributed by atoms with Gasteiger partial charge in [-0.2, -0.15) is 0 Å². The minimum atomic E-state index is 0.116. The predicted molar refractivity (Wildman–Crippen MR) is 75.0 cm³/mol. The van der Waals surface area contributed by atoms with E-state index in [1.165, 1.54) is 11.1 Å². The highest BCUT2D eigenvalue weighted by atomic mass is 16.5. The van der Waals surface area contributed by atoms with E-state index >= 15 is 0 Å². The Morgan fingerprint density at radius 3 is 2.67 bits per heavy atom. The highest BCUT2D eigenvalue weighted by molar-refractivity contribution is 5.95. The number of aryl methyl sites for hydroxylation is 1. The van der Waals surface area contributed by atoms with E-state index in [0.29, 0.717) is 6.04 Å². The summed E-state index contributed by atoms with van der Waals surface area (Å²) < 4.78 is 5.16. The van der Waals surface area contributed by atoms with Crippen molar-refractivity contribution in [1.29, 1.82) is 5.41 Å². The second-order valence-electron chi connectivity index (χ2n) is 4.77. The number of rotatable bonds is 6. The molecule has 3 N–H and O–H groups in total. The maximum Gasteiger partial charge on any atom is 0.122 e. The number of nitrogens with zero attached hydrogens (tertiary/aromatic N) is 1. The average molecular weight is 249 g/mol. The molecule has 18 heavy (non-hydrogen) atoms. The number of benzene rings is 1. The predicted octanol–water partition coefficient (Wildman–Crippen LogP) is 1.75. The van der Waals surface area contributed by atoms with Gasteiger partial charge in [0, 0.05) is 25.3 Å². The van der Waals surface area contributed by atoms with E-state index in [1.54, 1.807) is 7.11 Å². The van der Waals surface area contributed by atoms with Gasteiger partial charge in [-0.15, -0.1) is 0 Å². The minimum Gasteiger partial charge on any atom is -0.384 e. The van der Waals surface area contributed by atoms with Gasteiger partial charge in [-0.3, -0.25) is 10.3 Å². The summed E-state index contributed by atoms with van der Waals surface area (Å²) in [5.74, 6) is 0.116. The van der Waals surface area contributed by atoms with Crippen LogP contribution < -0.4 is 5.73 Å². The Hall–Kier alpha value is -1.39. The van der Waals surface area contributed by atoms with Gasteiger partial charge < -0.3 is 10.5 Å². The van der Waals surface area contributed by atoms with Crippen molar-refractivity contribution >= 4 is 5.84 Å². The molecule has 0 bridgehead atoms. The third-order valence-electron chi connectivity index (χ3n) is 3.23. The largest absolute Gasteiger partial charge is 0.384 e. The topological polar surface area (TPSA) is 62.3 Å². The van der Waals surface area contributed by atoms with Crippen molar-refractivity contribution in [3.8, 4) is 0 Å². The molecule has 0 aliphatic carbocycles. The molecule has 4 heteroatoms. The van der Waals surface area contributed by atoms with Gasteiger partial charge >= 0.3 is 0 Å². The number of ether oxygens (including phenoxy) is 1. The van der Waals surface area contributed by atoms with Crippen LogP contribution >= 0.6 is 0 Å². The van der Waals surface area contributed by atoms with Gasteiger partial charge in [0.15, 0.2) is 0 Å². The first-order valence-electron chi connectivity index (χ1n) is 6.08. The SMILES string of the molecule is COCC(C)N(C)Cc1ccc(C(=N)N)cc1C. The minimum absolute atomic E-state index is 0.116. The van der Waals surface area contributed by atoms with Crippen LogP contribution in [0, 0.1) is 12.3 Å². The van der Waals surface area contributed by atoms with Crippen LogP contribution in [0.5, 0.6) is 0 Å². The van der Waals surface area contributed by atoms with Crippen LogP contribution in [0.2, 0.25) is 0 Å². The van der Waals surface area contributed by atoms with Gasteiger partial charge in [0.25, 0.3) is 0 Å². The summed E-state index contributed by atoms with van der Waals surface area (Å²) >= 11 is 0. The fourth-order valence-corrected chi connectivity index (χ4v) is 1.83. The lowest BCUT2D eigenvalue weighted by Gasteiger charge is -2.24. The average Bonchev–Trinajstić information content (AvgIpc) is 2.31. The van der Waals surface area contributed by atoms with Crippen molar-refractivity contribution in [1.82, 2.24) is 4.90 Å². The summed E-state index contributed by atoms with van der Waals surface area (Å²) in [7, 11) is 3.80. The Bertz CT molecular complexity index is 418. The van der Waals surface area contributed by atoms with E-state index in [-0.39, 0.29) is 5.84 Å². The Balaban J connectivity index is 2.76. The molecular formula is C14H23N3O. The normalized spacial score (nSPS) is 12.7. The number of nitrogen functional groups attached to an aromatic ring is 1. The maximum atomic E-state index is 7.42. The number of nitrogens with one attached hydrogen (secondary N) is 1. The lowest BCUT2D eigenvalue weighted by molar-refractivity contribution is 0.112. The molecule has 0 saturated heterocycles. The molecular weight excluding hydrogens is 226 g/mol. The monoisotopic (exact) mass is 249 g/mol. The zero-order valence-corrected chi connectivity index (χ0v) is 11.7. The van der Waals surface area contributed by atoms with Crippen molar-refractivity contribution in [3.63, 3.8) is 0 Å². The van der Waals surface area contributed by atoms with E-state index in [2.05, 4.69) is 25.8 Å². The van der Waals surface area contributed by atoms with Gasteiger partial charge in [0.05, 0.1) is 6.61 Å². The number of likely N-dealkylation sites (N-methyl/N-ethyl adjacent to an activating group) is 1. The van der Waals surface area contributed by atoms with Gasteiger partial charge in [-0.25, -0.2) is 0 Å². The van der Waals surface area contributed by atoms with Crippen molar-refractivity contribution in [3.05, 3.63) is 34.9 Å². The first-order chi connectivity index (χ1) is 8.45. The fraction of sp³-hybridized carbons (Fsp3) is 0.500. The summed E-state index contributed by atoms with van der Waals surface area (Å²) in [6, 6.07) is 6.29. The molecule has 0 heterocycles. The summed E-state index contributed by atoms with van der Waals surface area (Å²) in [5, 5.41) is 7.42. The molecule has 0 radical (unpaired) electrons. The summed E-state index contributed by atoms with van der Waals surface area (Å²) in [4.78, 5) is 2.25. The Morgan fingerprint density at radius 2 is 2.17 bits per heavy atom. The molecule has 0 aromatic heterocycles. The molecule has 1 rings (SSSR count). The van der Waals surface area contributed by atoms with Crippen LogP contribution in [0.15, 0.2) is 18.2 Å². The molecule has 4 nitrogen and oxygen atoms in total. The number of hydrogen-bond donors (Lipinski definition) is 2. The van der Waals surface area contributed by atoms with E-state index in [0.717, 1.165) is 18.7 Å². The quantitative estimate of drug-likeness (QED) is 0.596. The number of hydrogen-bond acceptors (Lipinski definition) is 3. The molecule has 0 aliphatic rings. The van der Waals surface area contributed by atoms with E-state index < -0.39 is 0 Å². The summed E-state index contributed by atoms with van der Waals surface area (Å²) in [5.41, 5.74) is 8.68. The van der Waals surface area contributed by atoms with E-state index in [9.17, 15) is 0 Å². The van der Waals surface area contributed by atoms with Gasteiger partial charge in [0.2, 0.25) is 0 Å². The standard InChI is InChI=1S/C14H23N3O/c1-10-7-12(14(15)16)5-6-13(10)8-17(3)11(2)9-18-4/h5-7,11H,8-9H2,1-4H3,(H3,15,16). The molecule has 1 aromatic carbocycles. The van der Waals surface area contributed by atoms with Crippen LogP contribution in [0.1, 0.15) is 23.6 Å². The molecule has 1 atom stereocenters. The first kappa shape index (κ1) is 14.7. The van der Waals surface area contributed by atoms with Crippen LogP contribution in [0.4, 0.5) is 0 Å².